The molecule has 6 nitrogen and oxygen atoms in total. The number of amides is 1. The Hall–Kier alpha value is -1.10. The van der Waals surface area contributed by atoms with Crippen LogP contribution in [0.4, 0.5) is 5.00 Å². The molecule has 1 amide bonds. The van der Waals surface area contributed by atoms with Crippen molar-refractivity contribution in [2.75, 3.05) is 23.9 Å². The molecule has 0 aliphatic heterocycles. The molecule has 27 heavy (non-hydrogen) atoms. The van der Waals surface area contributed by atoms with Crippen molar-refractivity contribution in [3.05, 3.63) is 16.0 Å². The molecule has 0 saturated heterocycles. The number of thiophene rings is 1. The van der Waals surface area contributed by atoms with E-state index in [0.29, 0.717) is 17.2 Å². The van der Waals surface area contributed by atoms with E-state index in [0.717, 1.165) is 40.7 Å². The Morgan fingerprint density at radius 2 is 2.07 bits per heavy atom. The maximum Gasteiger partial charge on any atom is 0.341 e. The summed E-state index contributed by atoms with van der Waals surface area (Å²) in [6, 6.07) is 0. The van der Waals surface area contributed by atoms with Crippen LogP contribution in [0.1, 0.15) is 47.0 Å². The highest BCUT2D eigenvalue weighted by atomic mass is 32.2. The van der Waals surface area contributed by atoms with Gasteiger partial charge in [-0.2, -0.15) is 4.37 Å². The lowest BCUT2D eigenvalue weighted by Crippen LogP contribution is -2.16. The molecule has 1 aliphatic rings. The van der Waals surface area contributed by atoms with Crippen molar-refractivity contribution in [2.45, 2.75) is 48.5 Å². The molecule has 3 rings (SSSR count). The topological polar surface area (TPSA) is 81.2 Å². The van der Waals surface area contributed by atoms with E-state index < -0.39 is 0 Å². The fourth-order valence-electron chi connectivity index (χ4n) is 2.88. The molecular formula is C17H21N3O3S4. The maximum atomic E-state index is 12.5. The van der Waals surface area contributed by atoms with Crippen LogP contribution in [0.15, 0.2) is 9.50 Å². The molecule has 0 radical (unpaired) electrons. The number of ether oxygens (including phenoxy) is 1. The van der Waals surface area contributed by atoms with E-state index in [9.17, 15) is 9.59 Å². The van der Waals surface area contributed by atoms with Gasteiger partial charge in [0.2, 0.25) is 11.1 Å². The standard InChI is InChI=1S/C17H21N3O3S4/c1-3-23-15(22)13-10-7-5-4-6-8-11(10)26-14(13)18-12(21)9-25-17-19-16(24-2)20-27-17/h3-9H2,1-2H3,(H,18,21). The number of hydrogen-bond donors (Lipinski definition) is 1. The zero-order valence-corrected chi connectivity index (χ0v) is 18.5. The number of carbonyl (C=O) groups is 2. The summed E-state index contributed by atoms with van der Waals surface area (Å²) in [6.45, 7) is 2.12. The van der Waals surface area contributed by atoms with Crippen LogP contribution in [0.25, 0.3) is 0 Å². The van der Waals surface area contributed by atoms with Gasteiger partial charge in [0.1, 0.15) is 5.00 Å². The highest BCUT2D eigenvalue weighted by Crippen LogP contribution is 2.38. The first-order chi connectivity index (χ1) is 13.1. The van der Waals surface area contributed by atoms with E-state index in [-0.39, 0.29) is 17.6 Å². The number of nitrogens with zero attached hydrogens (tertiary/aromatic N) is 2. The van der Waals surface area contributed by atoms with E-state index in [1.807, 2.05) is 6.26 Å². The van der Waals surface area contributed by atoms with Gasteiger partial charge in [0.05, 0.1) is 17.9 Å². The summed E-state index contributed by atoms with van der Waals surface area (Å²) in [7, 11) is 0. The van der Waals surface area contributed by atoms with Crippen molar-refractivity contribution in [2.24, 2.45) is 0 Å². The van der Waals surface area contributed by atoms with Gasteiger partial charge in [0.25, 0.3) is 0 Å². The summed E-state index contributed by atoms with van der Waals surface area (Å²) in [5.74, 6) is -0.259. The minimum absolute atomic E-state index is 0.150. The Morgan fingerprint density at radius 1 is 1.26 bits per heavy atom. The van der Waals surface area contributed by atoms with E-state index in [1.165, 1.54) is 57.7 Å². The largest absolute Gasteiger partial charge is 0.462 e. The Labute approximate surface area is 175 Å². The molecule has 0 atom stereocenters. The normalized spacial score (nSPS) is 13.7. The summed E-state index contributed by atoms with van der Waals surface area (Å²) in [4.78, 5) is 30.5. The monoisotopic (exact) mass is 443 g/mol. The second-order valence-electron chi connectivity index (χ2n) is 5.87. The van der Waals surface area contributed by atoms with Gasteiger partial charge < -0.3 is 10.1 Å². The van der Waals surface area contributed by atoms with E-state index in [1.54, 1.807) is 6.92 Å². The second-order valence-corrected chi connectivity index (χ2v) is 9.73. The summed E-state index contributed by atoms with van der Waals surface area (Å²) >= 11 is 5.64. The lowest BCUT2D eigenvalue weighted by Gasteiger charge is -2.08. The summed E-state index contributed by atoms with van der Waals surface area (Å²) in [5, 5.41) is 4.26. The molecule has 1 aliphatic carbocycles. The predicted octanol–water partition coefficient (Wildman–Crippen LogP) is 4.50. The highest BCUT2D eigenvalue weighted by Gasteiger charge is 2.26. The van der Waals surface area contributed by atoms with Crippen molar-refractivity contribution in [1.29, 1.82) is 0 Å². The molecule has 0 aromatic carbocycles. The smallest absolute Gasteiger partial charge is 0.341 e. The number of fused-ring (bicyclic) bond motifs is 1. The van der Waals surface area contributed by atoms with Crippen molar-refractivity contribution in [3.63, 3.8) is 0 Å². The van der Waals surface area contributed by atoms with Gasteiger partial charge in [-0.3, -0.25) is 4.79 Å². The van der Waals surface area contributed by atoms with E-state index in [2.05, 4.69) is 14.7 Å². The summed E-state index contributed by atoms with van der Waals surface area (Å²) in [5.41, 5.74) is 1.62. The molecule has 0 saturated carbocycles. The number of thioether (sulfide) groups is 2. The Kier molecular flexibility index (Phi) is 7.57. The van der Waals surface area contributed by atoms with Gasteiger partial charge in [-0.05, 0) is 56.0 Å². The highest BCUT2D eigenvalue weighted by molar-refractivity contribution is 8.01. The maximum absolute atomic E-state index is 12.5. The Morgan fingerprint density at radius 3 is 2.81 bits per heavy atom. The van der Waals surface area contributed by atoms with Crippen LogP contribution < -0.4 is 5.32 Å². The van der Waals surface area contributed by atoms with Gasteiger partial charge in [-0.1, -0.05) is 29.9 Å². The first-order valence-corrected chi connectivity index (χ1v) is 12.5. The minimum atomic E-state index is -0.339. The molecule has 146 valence electrons. The number of rotatable bonds is 7. The molecule has 0 unspecified atom stereocenters. The van der Waals surface area contributed by atoms with Crippen LogP contribution in [0.3, 0.4) is 0 Å². The molecule has 2 aromatic rings. The third-order valence-corrected chi connectivity index (χ3v) is 7.76. The molecule has 2 heterocycles. The van der Waals surface area contributed by atoms with Gasteiger partial charge in [-0.25, -0.2) is 9.78 Å². The lowest BCUT2D eigenvalue weighted by molar-refractivity contribution is -0.113. The number of anilines is 1. The lowest BCUT2D eigenvalue weighted by atomic mass is 10.1. The summed E-state index contributed by atoms with van der Waals surface area (Å²) < 4.78 is 10.2. The number of aryl methyl sites for hydroxylation is 1. The first kappa shape index (κ1) is 20.6. The van der Waals surface area contributed by atoms with Gasteiger partial charge >= 0.3 is 5.97 Å². The third-order valence-electron chi connectivity index (χ3n) is 4.05. The van der Waals surface area contributed by atoms with Crippen LogP contribution in [0.2, 0.25) is 0 Å². The average molecular weight is 444 g/mol. The van der Waals surface area contributed by atoms with E-state index >= 15 is 0 Å². The van der Waals surface area contributed by atoms with Gasteiger partial charge in [-0.15, -0.1) is 11.3 Å². The molecule has 1 N–H and O–H groups in total. The van der Waals surface area contributed by atoms with Crippen LogP contribution in [0.5, 0.6) is 0 Å². The Bertz CT molecular complexity index is 818. The second kappa shape index (κ2) is 9.90. The zero-order valence-electron chi connectivity index (χ0n) is 15.2. The summed E-state index contributed by atoms with van der Waals surface area (Å²) in [6.07, 6.45) is 7.09. The zero-order chi connectivity index (χ0) is 19.2. The van der Waals surface area contributed by atoms with Crippen LogP contribution in [-0.4, -0.2) is 39.8 Å². The molecule has 0 bridgehead atoms. The van der Waals surface area contributed by atoms with Crippen LogP contribution in [-0.2, 0) is 22.4 Å². The van der Waals surface area contributed by atoms with Gasteiger partial charge in [0, 0.05) is 4.88 Å². The third kappa shape index (κ3) is 5.24. The number of esters is 1. The van der Waals surface area contributed by atoms with Crippen molar-refractivity contribution in [1.82, 2.24) is 9.36 Å². The van der Waals surface area contributed by atoms with Crippen molar-refractivity contribution in [3.8, 4) is 0 Å². The Balaban J connectivity index is 1.72. The molecule has 10 heteroatoms. The minimum Gasteiger partial charge on any atom is -0.462 e. The number of nitrogens with one attached hydrogen (secondary N) is 1. The van der Waals surface area contributed by atoms with Crippen LogP contribution in [0, 0.1) is 0 Å². The predicted molar refractivity (Wildman–Crippen MR) is 113 cm³/mol. The molecule has 0 spiro atoms. The van der Waals surface area contributed by atoms with Crippen molar-refractivity contribution >= 4 is 63.3 Å². The van der Waals surface area contributed by atoms with E-state index in [4.69, 9.17) is 4.74 Å². The fraction of sp³-hybridized carbons (Fsp3) is 0.529. The molecule has 0 fully saturated rings. The first-order valence-electron chi connectivity index (χ1n) is 8.74. The molecular weight excluding hydrogens is 422 g/mol. The quantitative estimate of drug-likeness (QED) is 0.383. The van der Waals surface area contributed by atoms with Crippen LogP contribution >= 0.6 is 46.4 Å². The molecule has 2 aromatic heterocycles. The average Bonchev–Trinajstić information content (AvgIpc) is 3.18. The fourth-order valence-corrected chi connectivity index (χ4v) is 6.18. The SMILES string of the molecule is CCOC(=O)c1c(NC(=O)CSc2nc(SC)ns2)sc2c1CCCCC2. The van der Waals surface area contributed by atoms with Gasteiger partial charge in [0.15, 0.2) is 4.34 Å². The number of aromatic nitrogens is 2. The number of hydrogen-bond acceptors (Lipinski definition) is 9. The van der Waals surface area contributed by atoms with Crippen molar-refractivity contribution < 1.29 is 14.3 Å². The number of carbonyl (C=O) groups excluding carboxylic acids is 2.